The van der Waals surface area contributed by atoms with Gasteiger partial charge in [0.05, 0.1) is 12.2 Å². The molecule has 1 aromatic carbocycles. The summed E-state index contributed by atoms with van der Waals surface area (Å²) in [6.07, 6.45) is -3.48. The number of rotatable bonds is 3. The molecule has 3 nitrogen and oxygen atoms in total. The van der Waals surface area contributed by atoms with Crippen LogP contribution in [-0.2, 0) is 4.74 Å². The van der Waals surface area contributed by atoms with Crippen molar-refractivity contribution < 1.29 is 22.6 Å². The minimum absolute atomic E-state index is 0.0412. The normalized spacial score (nSPS) is 23.6. The second kappa shape index (κ2) is 5.60. The van der Waals surface area contributed by atoms with Gasteiger partial charge in [-0.05, 0) is 36.6 Å². The summed E-state index contributed by atoms with van der Waals surface area (Å²) in [5, 5.41) is 0. The maximum atomic E-state index is 12.2. The van der Waals surface area contributed by atoms with Gasteiger partial charge in [0.15, 0.2) is 0 Å². The van der Waals surface area contributed by atoms with Gasteiger partial charge in [-0.25, -0.2) is 0 Å². The molecule has 0 amide bonds. The number of halogens is 3. The smallest absolute Gasteiger partial charge is 0.406 e. The molecule has 1 fully saturated rings. The fourth-order valence-corrected chi connectivity index (χ4v) is 2.38. The molecule has 1 saturated heterocycles. The fourth-order valence-electron chi connectivity index (χ4n) is 2.11. The number of nitrogens with two attached hydrogens (primary N) is 1. The Kier molecular flexibility index (Phi) is 4.27. The molecule has 1 aromatic rings. The molecule has 1 unspecified atom stereocenters. The first kappa shape index (κ1) is 14.5. The van der Waals surface area contributed by atoms with E-state index in [1.165, 1.54) is 12.1 Å². The number of hydrogen-bond acceptors (Lipinski definition) is 4. The molecule has 1 aliphatic heterocycles. The molecule has 2 N–H and O–H groups in total. The van der Waals surface area contributed by atoms with Crippen molar-refractivity contribution in [1.82, 2.24) is 0 Å². The summed E-state index contributed by atoms with van der Waals surface area (Å²) < 4.78 is 46.2. The predicted molar refractivity (Wildman–Crippen MR) is 66.3 cm³/mol. The molecule has 7 heteroatoms. The zero-order valence-electron chi connectivity index (χ0n) is 9.98. The summed E-state index contributed by atoms with van der Waals surface area (Å²) in [5.41, 5.74) is 6.13. The summed E-state index contributed by atoms with van der Waals surface area (Å²) in [4.78, 5) is 0.400. The van der Waals surface area contributed by atoms with E-state index < -0.39 is 6.36 Å². The number of ether oxygens (including phenoxy) is 2. The largest absolute Gasteiger partial charge is 0.573 e. The Hall–Kier alpha value is -0.920. The summed E-state index contributed by atoms with van der Waals surface area (Å²) in [6.45, 7) is 0.406. The van der Waals surface area contributed by atoms with Crippen LogP contribution in [0.1, 0.15) is 24.5 Å². The number of benzene rings is 1. The lowest BCUT2D eigenvalue weighted by molar-refractivity contribution is -0.274. The number of alkyl halides is 3. The maximum Gasteiger partial charge on any atom is 0.573 e. The molecule has 0 saturated carbocycles. The Bertz CT molecular complexity index is 453. The summed E-state index contributed by atoms with van der Waals surface area (Å²) >= 11 is 4.08. The Balaban J connectivity index is 2.17. The summed E-state index contributed by atoms with van der Waals surface area (Å²) in [5.74, 6) is -0.283. The van der Waals surface area contributed by atoms with Gasteiger partial charge in [-0.15, -0.1) is 25.8 Å². The van der Waals surface area contributed by atoms with E-state index in [2.05, 4.69) is 17.4 Å². The van der Waals surface area contributed by atoms with Gasteiger partial charge in [0.2, 0.25) is 0 Å². The van der Waals surface area contributed by atoms with Gasteiger partial charge in [-0.2, -0.15) is 0 Å². The molecular formula is C12H14F3NO2S. The van der Waals surface area contributed by atoms with Crippen LogP contribution in [-0.4, -0.2) is 19.0 Å². The van der Waals surface area contributed by atoms with Gasteiger partial charge < -0.3 is 15.2 Å². The lowest BCUT2D eigenvalue weighted by atomic mass is 10.1. The summed E-state index contributed by atoms with van der Waals surface area (Å²) in [7, 11) is 0. The van der Waals surface area contributed by atoms with Crippen LogP contribution < -0.4 is 10.5 Å². The minimum Gasteiger partial charge on any atom is -0.406 e. The molecule has 0 aliphatic carbocycles. The van der Waals surface area contributed by atoms with Crippen LogP contribution in [0.15, 0.2) is 23.1 Å². The quantitative estimate of drug-likeness (QED) is 0.842. The number of thiol groups is 1. The number of hydrogen-bond donors (Lipinski definition) is 2. The highest BCUT2D eigenvalue weighted by molar-refractivity contribution is 7.80. The van der Waals surface area contributed by atoms with Crippen molar-refractivity contribution in [3.05, 3.63) is 23.8 Å². The molecule has 0 bridgehead atoms. The van der Waals surface area contributed by atoms with Crippen LogP contribution in [0.2, 0.25) is 0 Å². The van der Waals surface area contributed by atoms with Crippen molar-refractivity contribution in [1.29, 1.82) is 0 Å². The highest BCUT2D eigenvalue weighted by Gasteiger charge is 2.32. The SMILES string of the molecule is NC[C@H]1CCC(c2cc(S)cc(OC(F)(F)F)c2)O1. The minimum atomic E-state index is -4.71. The maximum absolute atomic E-state index is 12.2. The third-order valence-corrected chi connectivity index (χ3v) is 3.15. The highest BCUT2D eigenvalue weighted by atomic mass is 32.1. The van der Waals surface area contributed by atoms with E-state index in [-0.39, 0.29) is 18.0 Å². The average molecular weight is 293 g/mol. The first-order chi connectivity index (χ1) is 8.87. The zero-order valence-corrected chi connectivity index (χ0v) is 10.9. The van der Waals surface area contributed by atoms with Gasteiger partial charge in [0, 0.05) is 11.4 Å². The molecule has 0 spiro atoms. The van der Waals surface area contributed by atoms with Crippen LogP contribution >= 0.6 is 12.6 Å². The van der Waals surface area contributed by atoms with Gasteiger partial charge in [0.1, 0.15) is 5.75 Å². The zero-order chi connectivity index (χ0) is 14.0. The fraction of sp³-hybridized carbons (Fsp3) is 0.500. The third-order valence-electron chi connectivity index (χ3n) is 2.89. The van der Waals surface area contributed by atoms with Gasteiger partial charge in [-0.3, -0.25) is 0 Å². The molecule has 106 valence electrons. The molecular weight excluding hydrogens is 279 g/mol. The van der Waals surface area contributed by atoms with Gasteiger partial charge in [0.25, 0.3) is 0 Å². The van der Waals surface area contributed by atoms with E-state index in [9.17, 15) is 13.2 Å². The molecule has 0 radical (unpaired) electrons. The van der Waals surface area contributed by atoms with E-state index in [1.54, 1.807) is 6.07 Å². The molecule has 1 aliphatic rings. The van der Waals surface area contributed by atoms with E-state index in [0.717, 1.165) is 12.8 Å². The van der Waals surface area contributed by atoms with Crippen molar-refractivity contribution in [2.75, 3.05) is 6.54 Å². The van der Waals surface area contributed by atoms with E-state index in [4.69, 9.17) is 10.5 Å². The third kappa shape index (κ3) is 4.02. The first-order valence-electron chi connectivity index (χ1n) is 5.82. The lowest BCUT2D eigenvalue weighted by Gasteiger charge is -2.15. The van der Waals surface area contributed by atoms with Crippen LogP contribution in [0.25, 0.3) is 0 Å². The molecule has 2 atom stereocenters. The topological polar surface area (TPSA) is 44.5 Å². The highest BCUT2D eigenvalue weighted by Crippen LogP contribution is 2.36. The molecule has 19 heavy (non-hydrogen) atoms. The van der Waals surface area contributed by atoms with Gasteiger partial charge in [-0.1, -0.05) is 0 Å². The molecule has 1 heterocycles. The average Bonchev–Trinajstić information content (AvgIpc) is 2.74. The molecule has 0 aromatic heterocycles. The van der Waals surface area contributed by atoms with E-state index in [1.807, 2.05) is 0 Å². The van der Waals surface area contributed by atoms with Crippen LogP contribution in [0.3, 0.4) is 0 Å². The van der Waals surface area contributed by atoms with Crippen LogP contribution in [0, 0.1) is 0 Å². The Morgan fingerprint density at radius 3 is 2.63 bits per heavy atom. The first-order valence-corrected chi connectivity index (χ1v) is 6.27. The van der Waals surface area contributed by atoms with Gasteiger partial charge >= 0.3 is 6.36 Å². The standard InChI is InChI=1S/C12H14F3NO2S/c13-12(14,15)18-9-3-7(4-10(19)5-9)11-2-1-8(6-16)17-11/h3-5,8,11,19H,1-2,6,16H2/t8-,11?/m1/s1. The van der Waals surface area contributed by atoms with Crippen molar-refractivity contribution >= 4 is 12.6 Å². The monoisotopic (exact) mass is 293 g/mol. The Labute approximate surface area is 114 Å². The Morgan fingerprint density at radius 2 is 2.05 bits per heavy atom. The molecule has 2 rings (SSSR count). The lowest BCUT2D eigenvalue weighted by Crippen LogP contribution is -2.19. The summed E-state index contributed by atoms with van der Waals surface area (Å²) in [6, 6.07) is 4.22. The second-order valence-corrected chi connectivity index (χ2v) is 4.88. The van der Waals surface area contributed by atoms with Crippen LogP contribution in [0.4, 0.5) is 13.2 Å². The van der Waals surface area contributed by atoms with Crippen molar-refractivity contribution in [3.8, 4) is 5.75 Å². The van der Waals surface area contributed by atoms with Crippen molar-refractivity contribution in [2.45, 2.75) is 36.3 Å². The van der Waals surface area contributed by atoms with Crippen LogP contribution in [0.5, 0.6) is 5.75 Å². The van der Waals surface area contributed by atoms with E-state index >= 15 is 0 Å². The van der Waals surface area contributed by atoms with E-state index in [0.29, 0.717) is 17.0 Å². The van der Waals surface area contributed by atoms with Crippen molar-refractivity contribution in [3.63, 3.8) is 0 Å². The predicted octanol–water partition coefficient (Wildman–Crippen LogP) is 3.05. The van der Waals surface area contributed by atoms with Crippen molar-refractivity contribution in [2.24, 2.45) is 5.73 Å². The Morgan fingerprint density at radius 1 is 1.32 bits per heavy atom. The second-order valence-electron chi connectivity index (χ2n) is 4.37.